The van der Waals surface area contributed by atoms with Gasteiger partial charge in [-0.15, -0.1) is 44.3 Å². The predicted molar refractivity (Wildman–Crippen MR) is 187 cm³/mol. The summed E-state index contributed by atoms with van der Waals surface area (Å²) in [5.74, 6) is 4.54. The van der Waals surface area contributed by atoms with Gasteiger partial charge in [-0.05, 0) is 0 Å². The molecule has 21 heteroatoms. The van der Waals surface area contributed by atoms with Crippen molar-refractivity contribution >= 4 is 178 Å². The summed E-state index contributed by atoms with van der Waals surface area (Å²) in [5.41, 5.74) is 0. The van der Waals surface area contributed by atoms with Gasteiger partial charge < -0.3 is 0 Å². The molecule has 34 heavy (non-hydrogen) atoms. The minimum atomic E-state index is -2.72. The van der Waals surface area contributed by atoms with E-state index in [9.17, 15) is 0 Å². The predicted octanol–water partition coefficient (Wildman–Crippen LogP) is -2.80. The zero-order valence-corrected chi connectivity index (χ0v) is 34.6. The molecule has 1 heterocycles. The number of halogens is 4. The SMILES string of the molecule is C1CS1.CB=S.CCCC[SiH3].Cl[Si](Cl)(Cl)Cl.S=BCCC[S-].S=S=S=S=BCCC[S-].[Li+].[Li+].[Li+]. The van der Waals surface area contributed by atoms with Crippen LogP contribution in [0.3, 0.4) is 0 Å². The Morgan fingerprint density at radius 3 is 1.53 bits per heavy atom. The fraction of sp³-hybridized carbons (Fsp3) is 1.00. The zero-order chi connectivity index (χ0) is 25.2. The molecule has 184 valence electrons. The smallest absolute Gasteiger partial charge is 1.00 e. The van der Waals surface area contributed by atoms with E-state index in [1.54, 1.807) is 30.9 Å². The molecule has 0 aromatic carbocycles. The standard InChI is InChI=1S/C4H12Si.C3H7BS5.C3H7BS2.C2H4S.CH3BS.Cl4Si.3Li/c1-2-3-4-5;5-3-1-2-4-7-9-8-6;5-3-1-2-4-6;1-2-3-1;1-2-3;1-5(2,3)4;;;/h2-4H2,1,5H3;5H,1-3H2;5H,1-3H2;1-2H2;1H3;;;;/q;;;;;;3*+1/p-2. The maximum absolute atomic E-state index is 4.97. The van der Waals surface area contributed by atoms with Crippen molar-refractivity contribution < 1.29 is 56.6 Å². The fourth-order valence-corrected chi connectivity index (χ4v) is 4.54. The fourth-order valence-electron chi connectivity index (χ4n) is 0.779. The van der Waals surface area contributed by atoms with E-state index in [0.29, 0.717) is 0 Å². The quantitative estimate of drug-likeness (QED) is 0.0867. The molecule has 0 aromatic heterocycles. The van der Waals surface area contributed by atoms with E-state index in [1.807, 2.05) is 18.6 Å². The summed E-state index contributed by atoms with van der Waals surface area (Å²) in [6.07, 6.45) is 12.6. The Hall–Kier alpha value is 5.95. The molecule has 1 aliphatic heterocycles. The van der Waals surface area contributed by atoms with Crippen molar-refractivity contribution in [2.75, 3.05) is 23.0 Å². The summed E-state index contributed by atoms with van der Waals surface area (Å²) in [7, 11) is 6.08. The molecule has 0 nitrogen and oxygen atoms in total. The van der Waals surface area contributed by atoms with Crippen molar-refractivity contribution in [3.05, 3.63) is 0 Å². The van der Waals surface area contributed by atoms with Gasteiger partial charge in [-0.25, -0.2) is 0 Å². The van der Waals surface area contributed by atoms with E-state index in [0.717, 1.165) is 37.0 Å². The van der Waals surface area contributed by atoms with Crippen molar-refractivity contribution in [2.24, 2.45) is 0 Å². The minimum Gasteiger partial charge on any atom is 1.00 e. The van der Waals surface area contributed by atoms with Crippen LogP contribution in [0.1, 0.15) is 32.6 Å². The zero-order valence-electron chi connectivity index (χ0n) is 21.2. The Balaban J connectivity index is -0.0000000405. The number of thioether (sulfide) groups is 1. The second-order valence-electron chi connectivity index (χ2n) is 4.89. The third-order valence-electron chi connectivity index (χ3n) is 1.98. The van der Waals surface area contributed by atoms with Gasteiger partial charge in [0.25, 0.3) is 0 Å². The number of unbranched alkanes of at least 4 members (excludes halogenated alkanes) is 1. The molecule has 0 amide bonds. The second kappa shape index (κ2) is 62.5. The molecule has 0 radical (unpaired) electrons. The molecule has 0 bridgehead atoms. The molecule has 0 N–H and O–H groups in total. The number of hydrogen-bond acceptors (Lipinski definition) is 6. The van der Waals surface area contributed by atoms with Crippen LogP contribution < -0.4 is 56.6 Å². The molecule has 0 unspecified atom stereocenters. The molecule has 0 spiro atoms. The maximum atomic E-state index is 4.97. The van der Waals surface area contributed by atoms with Gasteiger partial charge in [0.1, 0.15) is 0 Å². The summed E-state index contributed by atoms with van der Waals surface area (Å²) in [6.45, 7) is 4.05. The van der Waals surface area contributed by atoms with Gasteiger partial charge in [-0.3, -0.25) is 0 Å². The van der Waals surface area contributed by atoms with Crippen molar-refractivity contribution in [2.45, 2.75) is 58.1 Å². The van der Waals surface area contributed by atoms with Crippen LogP contribution in [0.25, 0.3) is 0 Å². The van der Waals surface area contributed by atoms with Crippen LogP contribution in [0.2, 0.25) is 25.5 Å². The Bertz CT molecular complexity index is 478. The number of hydrogen-bond donors (Lipinski definition) is 0. The van der Waals surface area contributed by atoms with E-state index < -0.39 is 5.31 Å². The average molecular weight is 727 g/mol. The van der Waals surface area contributed by atoms with Gasteiger partial charge in [0.2, 0.25) is 0 Å². The molecule has 1 fully saturated rings. The number of rotatable bonds is 8. The first-order chi connectivity index (χ1) is 14.7. The van der Waals surface area contributed by atoms with Gasteiger partial charge in [0.05, 0.1) is 0 Å². The van der Waals surface area contributed by atoms with Crippen LogP contribution in [0.15, 0.2) is 0 Å². The summed E-state index contributed by atoms with van der Waals surface area (Å²) in [6, 6.07) is 1.48. The van der Waals surface area contributed by atoms with Gasteiger partial charge in [-0.1, -0.05) is 25.8 Å². The van der Waals surface area contributed by atoms with Gasteiger partial charge in [0.15, 0.2) is 0 Å². The van der Waals surface area contributed by atoms with Crippen molar-refractivity contribution in [1.29, 1.82) is 0 Å². The Labute approximate surface area is 310 Å². The Kier molecular flexibility index (Phi) is 109. The van der Waals surface area contributed by atoms with Crippen LogP contribution in [0, 0.1) is 0 Å². The van der Waals surface area contributed by atoms with E-state index in [4.69, 9.17) is 56.9 Å². The largest absolute Gasteiger partial charge is 1.00 e. The van der Waals surface area contributed by atoms with Crippen LogP contribution in [-0.4, -0.2) is 57.0 Å². The third kappa shape index (κ3) is 161. The molecule has 0 aromatic rings. The Morgan fingerprint density at radius 1 is 0.971 bits per heavy atom. The normalized spacial score (nSPS) is 8.82. The molecule has 1 saturated heterocycles. The Morgan fingerprint density at radius 2 is 1.35 bits per heavy atom. The topological polar surface area (TPSA) is 0 Å². The van der Waals surface area contributed by atoms with Crippen LogP contribution in [0.5, 0.6) is 0 Å². The minimum absolute atomic E-state index is 0. The second-order valence-corrected chi connectivity index (χ2v) is 24.5. The molecule has 1 aliphatic rings. The molecule has 0 aliphatic carbocycles. The van der Waals surface area contributed by atoms with E-state index in [2.05, 4.69) is 61.0 Å². The third-order valence-corrected chi connectivity index (χ3v) is 7.93. The first-order valence-electron chi connectivity index (χ1n) is 9.43. The maximum Gasteiger partial charge on any atom is 1.00 e. The first kappa shape index (κ1) is 59.4. The van der Waals surface area contributed by atoms with Gasteiger partial charge in [0, 0.05) is 21.7 Å². The molecule has 0 atom stereocenters. The van der Waals surface area contributed by atoms with E-state index >= 15 is 0 Å². The molecular weight excluding hydrogens is 696 g/mol. The van der Waals surface area contributed by atoms with Crippen molar-refractivity contribution in [3.8, 4) is 0 Å². The monoisotopic (exact) mass is 725 g/mol. The molecular formula is C13H31B3Cl4Li3S9Si2+. The summed E-state index contributed by atoms with van der Waals surface area (Å²) in [4.78, 5) is 0. The van der Waals surface area contributed by atoms with Crippen LogP contribution in [0.4, 0.5) is 0 Å². The molecule has 1 rings (SSSR count). The van der Waals surface area contributed by atoms with Crippen molar-refractivity contribution in [1.82, 2.24) is 0 Å². The van der Waals surface area contributed by atoms with Gasteiger partial charge >= 0.3 is 212 Å². The average Bonchev–Trinajstić information content (AvgIpc) is 3.57. The van der Waals surface area contributed by atoms with E-state index in [1.165, 1.54) is 49.5 Å². The van der Waals surface area contributed by atoms with Crippen LogP contribution >= 0.6 is 80.2 Å². The molecule has 0 saturated carbocycles. The summed E-state index contributed by atoms with van der Waals surface area (Å²) < 4.78 is 0. The first-order valence-corrected chi connectivity index (χ1v) is 24.6. The van der Waals surface area contributed by atoms with Crippen LogP contribution in [-0.2, 0) is 64.0 Å². The van der Waals surface area contributed by atoms with Crippen molar-refractivity contribution in [3.63, 3.8) is 0 Å². The van der Waals surface area contributed by atoms with Gasteiger partial charge in [-0.2, -0.15) is 11.8 Å². The van der Waals surface area contributed by atoms with E-state index in [-0.39, 0.29) is 56.6 Å². The summed E-state index contributed by atoms with van der Waals surface area (Å²) >= 11 is 44.7. The summed E-state index contributed by atoms with van der Waals surface area (Å²) in [5, 5.41) is -2.72.